The second kappa shape index (κ2) is 9.52. The summed E-state index contributed by atoms with van der Waals surface area (Å²) in [6.45, 7) is 8.05. The number of amides is 1. The molecule has 0 spiro atoms. The van der Waals surface area contributed by atoms with E-state index in [9.17, 15) is 4.79 Å². The van der Waals surface area contributed by atoms with Crippen LogP contribution in [0.4, 0.5) is 0 Å². The van der Waals surface area contributed by atoms with Crippen LogP contribution in [0.25, 0.3) is 0 Å². The Morgan fingerprint density at radius 3 is 2.62 bits per heavy atom. The number of hydrogen-bond donors (Lipinski definition) is 1. The molecule has 1 heterocycles. The number of methoxy groups -OCH3 is 1. The fourth-order valence-corrected chi connectivity index (χ4v) is 2.95. The van der Waals surface area contributed by atoms with Gasteiger partial charge in [-0.3, -0.25) is 4.79 Å². The maximum atomic E-state index is 12.3. The van der Waals surface area contributed by atoms with Crippen LogP contribution in [0.15, 0.2) is 18.2 Å². The summed E-state index contributed by atoms with van der Waals surface area (Å²) in [5.74, 6) is 1.18. The van der Waals surface area contributed by atoms with Crippen molar-refractivity contribution in [2.24, 2.45) is 0 Å². The zero-order valence-electron chi connectivity index (χ0n) is 15.1. The van der Waals surface area contributed by atoms with Gasteiger partial charge in [0.05, 0.1) is 13.2 Å². The Labute approximate surface area is 145 Å². The van der Waals surface area contributed by atoms with Crippen molar-refractivity contribution in [3.63, 3.8) is 0 Å². The number of nitrogens with one attached hydrogen (secondary N) is 1. The predicted octanol–water partition coefficient (Wildman–Crippen LogP) is 3.09. The fraction of sp³-hybridized carbons (Fsp3) is 0.632. The van der Waals surface area contributed by atoms with Crippen molar-refractivity contribution < 1.29 is 14.3 Å². The lowest BCUT2D eigenvalue weighted by Gasteiger charge is -2.26. The van der Waals surface area contributed by atoms with Gasteiger partial charge in [0.25, 0.3) is 5.91 Å². The topological polar surface area (TPSA) is 50.8 Å². The lowest BCUT2D eigenvalue weighted by atomic mass is 10.1. The highest BCUT2D eigenvalue weighted by molar-refractivity contribution is 5.94. The molecule has 1 saturated heterocycles. The van der Waals surface area contributed by atoms with Crippen LogP contribution >= 0.6 is 0 Å². The van der Waals surface area contributed by atoms with Gasteiger partial charge in [-0.25, -0.2) is 0 Å². The van der Waals surface area contributed by atoms with E-state index in [2.05, 4.69) is 10.2 Å². The Kier molecular flexibility index (Phi) is 7.37. The Balaban J connectivity index is 1.82. The molecule has 134 valence electrons. The summed E-state index contributed by atoms with van der Waals surface area (Å²) in [6, 6.07) is 5.30. The third kappa shape index (κ3) is 5.71. The van der Waals surface area contributed by atoms with Crippen LogP contribution in [-0.4, -0.2) is 50.2 Å². The smallest absolute Gasteiger partial charge is 0.251 e. The van der Waals surface area contributed by atoms with Gasteiger partial charge in [-0.05, 0) is 70.9 Å². The summed E-state index contributed by atoms with van der Waals surface area (Å²) in [7, 11) is 1.60. The van der Waals surface area contributed by atoms with Gasteiger partial charge in [0.15, 0.2) is 11.5 Å². The first-order chi connectivity index (χ1) is 11.6. The van der Waals surface area contributed by atoms with E-state index < -0.39 is 0 Å². The van der Waals surface area contributed by atoms with Gasteiger partial charge in [0, 0.05) is 12.1 Å². The minimum absolute atomic E-state index is 0.0294. The quantitative estimate of drug-likeness (QED) is 0.742. The molecular weight excluding hydrogens is 304 g/mol. The highest BCUT2D eigenvalue weighted by Gasteiger charge is 2.13. The third-order valence-electron chi connectivity index (χ3n) is 4.17. The zero-order valence-corrected chi connectivity index (χ0v) is 15.1. The normalized spacial score (nSPS) is 15.3. The van der Waals surface area contributed by atoms with Crippen molar-refractivity contribution in [2.75, 3.05) is 33.3 Å². The minimum atomic E-state index is -0.0649. The number of likely N-dealkylation sites (tertiary alicyclic amines) is 1. The summed E-state index contributed by atoms with van der Waals surface area (Å²) in [5, 5.41) is 2.99. The third-order valence-corrected chi connectivity index (χ3v) is 4.17. The standard InChI is InChI=1S/C19H30N2O3/c1-15(2)24-18-14-16(8-9-17(18)23-3)19(22)20-10-7-13-21-11-5-4-6-12-21/h8-9,14-15H,4-7,10-13H2,1-3H3,(H,20,22). The van der Waals surface area contributed by atoms with Gasteiger partial charge in [-0.15, -0.1) is 0 Å². The van der Waals surface area contributed by atoms with Crippen LogP contribution < -0.4 is 14.8 Å². The minimum Gasteiger partial charge on any atom is -0.493 e. The summed E-state index contributed by atoms with van der Waals surface area (Å²) in [5.41, 5.74) is 0.601. The molecule has 0 unspecified atom stereocenters. The maximum absolute atomic E-state index is 12.3. The number of nitrogens with zero attached hydrogens (tertiary/aromatic N) is 1. The molecule has 0 saturated carbocycles. The number of piperidine rings is 1. The number of benzene rings is 1. The lowest BCUT2D eigenvalue weighted by Crippen LogP contribution is -2.33. The number of hydrogen-bond acceptors (Lipinski definition) is 4. The highest BCUT2D eigenvalue weighted by Crippen LogP contribution is 2.28. The van der Waals surface area contributed by atoms with Crippen molar-refractivity contribution in [1.29, 1.82) is 0 Å². The molecule has 0 bridgehead atoms. The first-order valence-corrected chi connectivity index (χ1v) is 8.95. The molecule has 0 aliphatic carbocycles. The van der Waals surface area contributed by atoms with E-state index >= 15 is 0 Å². The van der Waals surface area contributed by atoms with Gasteiger partial charge in [0.2, 0.25) is 0 Å². The number of carbonyl (C=O) groups excluding carboxylic acids is 1. The van der Waals surface area contributed by atoms with Crippen LogP contribution in [0.1, 0.15) is 49.9 Å². The lowest BCUT2D eigenvalue weighted by molar-refractivity contribution is 0.0950. The summed E-state index contributed by atoms with van der Waals surface area (Å²) in [4.78, 5) is 14.8. The molecule has 1 amide bonds. The Morgan fingerprint density at radius 2 is 1.96 bits per heavy atom. The van der Waals surface area contributed by atoms with Gasteiger partial charge in [-0.2, -0.15) is 0 Å². The second-order valence-electron chi connectivity index (χ2n) is 6.54. The fourth-order valence-electron chi connectivity index (χ4n) is 2.95. The van der Waals surface area contributed by atoms with E-state index in [1.807, 2.05) is 13.8 Å². The Bertz CT molecular complexity index is 525. The van der Waals surface area contributed by atoms with Crippen molar-refractivity contribution in [3.8, 4) is 11.5 Å². The molecule has 1 aliphatic rings. The Morgan fingerprint density at radius 1 is 1.21 bits per heavy atom. The number of rotatable bonds is 8. The molecule has 1 fully saturated rings. The van der Waals surface area contributed by atoms with Crippen molar-refractivity contribution in [1.82, 2.24) is 10.2 Å². The number of carbonyl (C=O) groups is 1. The molecule has 1 aromatic rings. The summed E-state index contributed by atoms with van der Waals surface area (Å²) < 4.78 is 11.0. The monoisotopic (exact) mass is 334 g/mol. The molecule has 24 heavy (non-hydrogen) atoms. The van der Waals surface area contributed by atoms with Crippen LogP contribution in [0, 0.1) is 0 Å². The molecule has 5 nitrogen and oxygen atoms in total. The van der Waals surface area contributed by atoms with Crippen LogP contribution in [0.5, 0.6) is 11.5 Å². The molecule has 5 heteroatoms. The maximum Gasteiger partial charge on any atom is 0.251 e. The van der Waals surface area contributed by atoms with E-state index in [4.69, 9.17) is 9.47 Å². The SMILES string of the molecule is COc1ccc(C(=O)NCCCN2CCCCC2)cc1OC(C)C. The molecule has 0 aromatic heterocycles. The largest absolute Gasteiger partial charge is 0.493 e. The van der Waals surface area contributed by atoms with E-state index in [1.54, 1.807) is 25.3 Å². The average Bonchev–Trinajstić information content (AvgIpc) is 2.59. The van der Waals surface area contributed by atoms with Crippen molar-refractivity contribution >= 4 is 5.91 Å². The van der Waals surface area contributed by atoms with Gasteiger partial charge >= 0.3 is 0 Å². The molecule has 0 atom stereocenters. The zero-order chi connectivity index (χ0) is 17.4. The van der Waals surface area contributed by atoms with E-state index in [0.29, 0.717) is 23.6 Å². The van der Waals surface area contributed by atoms with Crippen molar-refractivity contribution in [2.45, 2.75) is 45.6 Å². The average molecular weight is 334 g/mol. The molecule has 1 aromatic carbocycles. The van der Waals surface area contributed by atoms with E-state index in [-0.39, 0.29) is 12.0 Å². The second-order valence-corrected chi connectivity index (χ2v) is 6.54. The molecular formula is C19H30N2O3. The van der Waals surface area contributed by atoms with Gasteiger partial charge in [-0.1, -0.05) is 6.42 Å². The highest BCUT2D eigenvalue weighted by atomic mass is 16.5. The Hall–Kier alpha value is -1.75. The molecule has 2 rings (SSSR count). The van der Waals surface area contributed by atoms with Crippen molar-refractivity contribution in [3.05, 3.63) is 23.8 Å². The van der Waals surface area contributed by atoms with Crippen LogP contribution in [0.2, 0.25) is 0 Å². The van der Waals surface area contributed by atoms with Crippen LogP contribution in [0.3, 0.4) is 0 Å². The summed E-state index contributed by atoms with van der Waals surface area (Å²) in [6.07, 6.45) is 4.97. The molecule has 1 N–H and O–H groups in total. The predicted molar refractivity (Wildman–Crippen MR) is 96.0 cm³/mol. The van der Waals surface area contributed by atoms with E-state index in [1.165, 1.54) is 32.4 Å². The summed E-state index contributed by atoms with van der Waals surface area (Å²) >= 11 is 0. The molecule has 1 aliphatic heterocycles. The van der Waals surface area contributed by atoms with Gasteiger partial charge < -0.3 is 19.7 Å². The number of ether oxygens (including phenoxy) is 2. The first-order valence-electron chi connectivity index (χ1n) is 8.95. The van der Waals surface area contributed by atoms with E-state index in [0.717, 1.165) is 13.0 Å². The first kappa shape index (κ1) is 18.6. The molecule has 0 radical (unpaired) electrons. The van der Waals surface area contributed by atoms with Crippen LogP contribution in [-0.2, 0) is 0 Å². The van der Waals surface area contributed by atoms with Gasteiger partial charge in [0.1, 0.15) is 0 Å².